The van der Waals surface area contributed by atoms with E-state index in [2.05, 4.69) is 42.5 Å². The highest BCUT2D eigenvalue weighted by Crippen LogP contribution is 2.43. The summed E-state index contributed by atoms with van der Waals surface area (Å²) in [5.41, 5.74) is 4.28. The van der Waals surface area contributed by atoms with Gasteiger partial charge in [-0.2, -0.15) is 0 Å². The first-order chi connectivity index (χ1) is 14.7. The number of hydrogen-bond acceptors (Lipinski definition) is 2. The molecule has 0 aliphatic heterocycles. The van der Waals surface area contributed by atoms with E-state index in [1.165, 1.54) is 6.08 Å². The van der Waals surface area contributed by atoms with Gasteiger partial charge in [0.15, 0.2) is 0 Å². The molecule has 0 amide bonds. The van der Waals surface area contributed by atoms with E-state index in [1.54, 1.807) is 6.08 Å². The Kier molecular flexibility index (Phi) is 4.36. The maximum atomic E-state index is 11.4. The molecule has 4 aromatic rings. The van der Waals surface area contributed by atoms with E-state index in [9.17, 15) is 9.90 Å². The van der Waals surface area contributed by atoms with Crippen LogP contribution in [0.4, 0.5) is 0 Å². The van der Waals surface area contributed by atoms with Gasteiger partial charge < -0.3 is 9.52 Å². The van der Waals surface area contributed by atoms with Crippen molar-refractivity contribution in [2.24, 2.45) is 0 Å². The van der Waals surface area contributed by atoms with Crippen LogP contribution < -0.4 is 0 Å². The van der Waals surface area contributed by atoms with Crippen LogP contribution in [0.25, 0.3) is 27.5 Å². The Balaban J connectivity index is 1.68. The van der Waals surface area contributed by atoms with Gasteiger partial charge in [-0.1, -0.05) is 91.0 Å². The first-order valence-electron chi connectivity index (χ1n) is 9.94. The summed E-state index contributed by atoms with van der Waals surface area (Å²) in [6, 6.07) is 24.3. The Bertz CT molecular complexity index is 1340. The molecular formula is C27H20O3. The predicted octanol–water partition coefficient (Wildman–Crippen LogP) is 6.51. The van der Waals surface area contributed by atoms with Gasteiger partial charge in [-0.15, -0.1) is 0 Å². The van der Waals surface area contributed by atoms with Crippen LogP contribution in [0.1, 0.15) is 17.5 Å². The van der Waals surface area contributed by atoms with E-state index in [1.807, 2.05) is 48.5 Å². The Hall–Kier alpha value is -3.85. The van der Waals surface area contributed by atoms with Crippen molar-refractivity contribution >= 4 is 33.5 Å². The molecule has 0 saturated heterocycles. The van der Waals surface area contributed by atoms with Gasteiger partial charge in [-0.25, -0.2) is 4.79 Å². The van der Waals surface area contributed by atoms with Crippen molar-refractivity contribution in [3.63, 3.8) is 0 Å². The Labute approximate surface area is 174 Å². The number of rotatable bonds is 4. The summed E-state index contributed by atoms with van der Waals surface area (Å²) in [6.45, 7) is 0. The molecule has 1 aliphatic rings. The second-order valence-electron chi connectivity index (χ2n) is 7.56. The number of carbonyl (C=O) groups is 1. The van der Waals surface area contributed by atoms with Crippen LogP contribution in [-0.4, -0.2) is 11.1 Å². The molecular weight excluding hydrogens is 372 g/mol. The number of para-hydroxylation sites is 2. The minimum Gasteiger partial charge on any atom is -0.478 e. The number of carboxylic acid groups (broad SMARTS) is 1. The summed E-state index contributed by atoms with van der Waals surface area (Å²) < 4.78 is 6.24. The zero-order chi connectivity index (χ0) is 20.6. The lowest BCUT2D eigenvalue weighted by Crippen LogP contribution is -2.22. The van der Waals surface area contributed by atoms with Crippen LogP contribution in [0.15, 0.2) is 108 Å². The van der Waals surface area contributed by atoms with Gasteiger partial charge in [0.1, 0.15) is 11.2 Å². The van der Waals surface area contributed by atoms with E-state index in [4.69, 9.17) is 4.42 Å². The third-order valence-electron chi connectivity index (χ3n) is 5.76. The normalized spacial score (nSPS) is 18.9. The lowest BCUT2D eigenvalue weighted by atomic mass is 9.73. The molecule has 5 rings (SSSR count). The third kappa shape index (κ3) is 3.05. The molecule has 1 aromatic heterocycles. The van der Waals surface area contributed by atoms with Gasteiger partial charge in [0.25, 0.3) is 0 Å². The fourth-order valence-corrected chi connectivity index (χ4v) is 4.24. The van der Waals surface area contributed by atoms with Crippen molar-refractivity contribution < 1.29 is 14.3 Å². The molecule has 1 N–H and O–H groups in total. The molecule has 0 fully saturated rings. The SMILES string of the molecule is O=C(O)C=C[C@]1(c2cccc3c2oc2ccccc23)C=CC(c2ccccc2)=CC1. The van der Waals surface area contributed by atoms with Crippen LogP contribution in [0.2, 0.25) is 0 Å². The second kappa shape index (κ2) is 7.20. The highest BCUT2D eigenvalue weighted by molar-refractivity contribution is 6.06. The number of furan rings is 1. The second-order valence-corrected chi connectivity index (χ2v) is 7.56. The molecule has 3 heteroatoms. The van der Waals surface area contributed by atoms with Crippen molar-refractivity contribution in [2.45, 2.75) is 11.8 Å². The van der Waals surface area contributed by atoms with Crippen molar-refractivity contribution in [3.05, 3.63) is 114 Å². The highest BCUT2D eigenvalue weighted by Gasteiger charge is 2.31. The third-order valence-corrected chi connectivity index (χ3v) is 5.76. The van der Waals surface area contributed by atoms with Crippen LogP contribution in [0.3, 0.4) is 0 Å². The average molecular weight is 392 g/mol. The molecule has 0 bridgehead atoms. The van der Waals surface area contributed by atoms with Crippen molar-refractivity contribution in [2.75, 3.05) is 0 Å². The first-order valence-corrected chi connectivity index (χ1v) is 9.94. The Morgan fingerprint density at radius 1 is 0.933 bits per heavy atom. The highest BCUT2D eigenvalue weighted by atomic mass is 16.4. The molecule has 30 heavy (non-hydrogen) atoms. The molecule has 1 heterocycles. The van der Waals surface area contributed by atoms with Gasteiger partial charge >= 0.3 is 5.97 Å². The summed E-state index contributed by atoms with van der Waals surface area (Å²) in [5.74, 6) is -0.961. The zero-order valence-corrected chi connectivity index (χ0v) is 16.3. The molecule has 0 saturated carbocycles. The first kappa shape index (κ1) is 18.2. The van der Waals surface area contributed by atoms with Crippen molar-refractivity contribution in [1.29, 1.82) is 0 Å². The van der Waals surface area contributed by atoms with Gasteiger partial charge in [0.2, 0.25) is 0 Å². The summed E-state index contributed by atoms with van der Waals surface area (Å²) in [7, 11) is 0. The Morgan fingerprint density at radius 2 is 1.70 bits per heavy atom. The minimum absolute atomic E-state index is 0.593. The van der Waals surface area contributed by atoms with Gasteiger partial charge in [-0.05, 0) is 23.6 Å². The van der Waals surface area contributed by atoms with E-state index < -0.39 is 11.4 Å². The van der Waals surface area contributed by atoms with E-state index >= 15 is 0 Å². The summed E-state index contributed by atoms with van der Waals surface area (Å²) >= 11 is 0. The standard InChI is InChI=1S/C27H20O3/c28-25(29)15-18-27(16-13-20(14-17-27)19-7-2-1-3-8-19)23-11-6-10-22-21-9-4-5-12-24(21)30-26(22)23/h1-16,18H,17H2,(H,28,29)/t27-/m0/s1. The number of hydrogen-bond donors (Lipinski definition) is 1. The predicted molar refractivity (Wildman–Crippen MR) is 120 cm³/mol. The quantitative estimate of drug-likeness (QED) is 0.403. The molecule has 1 atom stereocenters. The fraction of sp³-hybridized carbons (Fsp3) is 0.0741. The topological polar surface area (TPSA) is 50.4 Å². The number of allylic oxidation sites excluding steroid dienone is 5. The molecule has 0 unspecified atom stereocenters. The van der Waals surface area contributed by atoms with Gasteiger partial charge in [0, 0.05) is 27.8 Å². The zero-order valence-electron chi connectivity index (χ0n) is 16.3. The monoisotopic (exact) mass is 392 g/mol. The van der Waals surface area contributed by atoms with Crippen LogP contribution in [0, 0.1) is 0 Å². The molecule has 0 radical (unpaired) electrons. The van der Waals surface area contributed by atoms with Crippen molar-refractivity contribution in [1.82, 2.24) is 0 Å². The largest absolute Gasteiger partial charge is 0.478 e. The number of fused-ring (bicyclic) bond motifs is 3. The van der Waals surface area contributed by atoms with E-state index in [0.717, 1.165) is 38.6 Å². The summed E-state index contributed by atoms with van der Waals surface area (Å²) in [6.07, 6.45) is 9.99. The molecule has 0 spiro atoms. The molecule has 1 aliphatic carbocycles. The van der Waals surface area contributed by atoms with Gasteiger partial charge in [-0.3, -0.25) is 0 Å². The fourth-order valence-electron chi connectivity index (χ4n) is 4.24. The summed E-state index contributed by atoms with van der Waals surface area (Å²) in [4.78, 5) is 11.4. The van der Waals surface area contributed by atoms with Crippen LogP contribution in [-0.2, 0) is 10.2 Å². The summed E-state index contributed by atoms with van der Waals surface area (Å²) in [5, 5.41) is 11.4. The Morgan fingerprint density at radius 3 is 2.47 bits per heavy atom. The maximum absolute atomic E-state index is 11.4. The number of benzene rings is 3. The van der Waals surface area contributed by atoms with Crippen LogP contribution in [0.5, 0.6) is 0 Å². The molecule has 3 aromatic carbocycles. The van der Waals surface area contributed by atoms with E-state index in [-0.39, 0.29) is 0 Å². The average Bonchev–Trinajstić information content (AvgIpc) is 3.17. The van der Waals surface area contributed by atoms with Crippen molar-refractivity contribution in [3.8, 4) is 0 Å². The lowest BCUT2D eigenvalue weighted by Gasteiger charge is -2.30. The minimum atomic E-state index is -0.961. The molecule has 3 nitrogen and oxygen atoms in total. The number of carboxylic acids is 1. The smallest absolute Gasteiger partial charge is 0.328 e. The maximum Gasteiger partial charge on any atom is 0.328 e. The van der Waals surface area contributed by atoms with E-state index in [0.29, 0.717) is 6.42 Å². The number of aliphatic carboxylic acids is 1. The van der Waals surface area contributed by atoms with Crippen LogP contribution >= 0.6 is 0 Å². The lowest BCUT2D eigenvalue weighted by molar-refractivity contribution is -0.131. The van der Waals surface area contributed by atoms with Gasteiger partial charge in [0.05, 0.1) is 0 Å². The molecule has 146 valence electrons.